The van der Waals surface area contributed by atoms with Crippen LogP contribution in [0.3, 0.4) is 0 Å². The quantitative estimate of drug-likeness (QED) is 0.0363. The Morgan fingerprint density at radius 2 is 1.17 bits per heavy atom. The van der Waals surface area contributed by atoms with Crippen LogP contribution in [0.4, 0.5) is 0 Å². The van der Waals surface area contributed by atoms with Gasteiger partial charge in [0.25, 0.3) is 0 Å². The van der Waals surface area contributed by atoms with Crippen molar-refractivity contribution in [2.24, 2.45) is 16.6 Å². The Morgan fingerprint density at radius 3 is 1.63 bits per heavy atom. The average molecular weight is 783 g/mol. The summed E-state index contributed by atoms with van der Waals surface area (Å²) in [6, 6.07) is 0. The zero-order valence-electron chi connectivity index (χ0n) is 30.2. The third-order valence-electron chi connectivity index (χ3n) is 7.04. The molecule has 4 N–H and O–H groups in total. The van der Waals surface area contributed by atoms with Crippen molar-refractivity contribution in [3.05, 3.63) is 22.3 Å². The van der Waals surface area contributed by atoms with Gasteiger partial charge in [0.2, 0.25) is 0 Å². The average Bonchev–Trinajstić information content (AvgIpc) is 3.57. The molecule has 0 aromatic carbocycles. The molecule has 1 aromatic rings. The number of terminal acetylenes is 1. The van der Waals surface area contributed by atoms with E-state index >= 15 is 0 Å². The predicted octanol–water partition coefficient (Wildman–Crippen LogP) is -1.83. The topological polar surface area (TPSA) is 262 Å². The molecule has 0 bridgehead atoms. The highest BCUT2D eigenvalue weighted by Crippen LogP contribution is 2.08. The highest BCUT2D eigenvalue weighted by molar-refractivity contribution is 7.91. The summed E-state index contributed by atoms with van der Waals surface area (Å²) >= 11 is 0. The monoisotopic (exact) mass is 782 g/mol. The third kappa shape index (κ3) is 27.2. The zero-order valence-corrected chi connectivity index (χ0v) is 31.8. The molecule has 0 amide bonds. The second-order valence-corrected chi connectivity index (χ2v) is 15.8. The molecular formula is C30H58N10O10S2. The molecule has 2 fully saturated rings. The molecule has 0 unspecified atom stereocenters. The largest absolute Gasteiger partial charge is 0.379 e. The molecule has 52 heavy (non-hydrogen) atoms. The molecule has 2 saturated heterocycles. The van der Waals surface area contributed by atoms with Gasteiger partial charge in [-0.05, 0) is 5.53 Å². The lowest BCUT2D eigenvalue weighted by molar-refractivity contribution is 0.0141. The van der Waals surface area contributed by atoms with Crippen molar-refractivity contribution in [2.45, 2.75) is 13.1 Å². The lowest BCUT2D eigenvalue weighted by atomic mass is 10.4. The second kappa shape index (κ2) is 30.9. The van der Waals surface area contributed by atoms with E-state index < -0.39 is 19.7 Å². The summed E-state index contributed by atoms with van der Waals surface area (Å²) in [4.78, 5) is 6.66. The Balaban J connectivity index is 0.000000438. The van der Waals surface area contributed by atoms with E-state index in [0.717, 1.165) is 5.69 Å². The molecule has 0 atom stereocenters. The van der Waals surface area contributed by atoms with Gasteiger partial charge in [-0.1, -0.05) is 16.2 Å². The lowest BCUT2D eigenvalue weighted by Gasteiger charge is -2.25. The van der Waals surface area contributed by atoms with Gasteiger partial charge in [0.05, 0.1) is 121 Å². The predicted molar refractivity (Wildman–Crippen MR) is 195 cm³/mol. The van der Waals surface area contributed by atoms with E-state index in [0.29, 0.717) is 145 Å². The van der Waals surface area contributed by atoms with Crippen molar-refractivity contribution in [2.75, 3.05) is 155 Å². The Hall–Kier alpha value is -2.49. The molecule has 0 spiro atoms. The van der Waals surface area contributed by atoms with Crippen molar-refractivity contribution in [3.8, 4) is 12.3 Å². The molecule has 2 aliphatic rings. The summed E-state index contributed by atoms with van der Waals surface area (Å²) in [7, 11) is -5.60. The highest BCUT2D eigenvalue weighted by atomic mass is 32.2. The molecule has 0 saturated carbocycles. The first kappa shape index (κ1) is 47.5. The van der Waals surface area contributed by atoms with Crippen LogP contribution in [0.1, 0.15) is 5.69 Å². The fraction of sp³-hybridized carbons (Fsp3) is 0.867. The van der Waals surface area contributed by atoms with Gasteiger partial charge >= 0.3 is 0 Å². The van der Waals surface area contributed by atoms with E-state index in [1.54, 1.807) is 4.68 Å². The molecule has 1 aromatic heterocycles. The molecular weight excluding hydrogens is 725 g/mol. The molecule has 20 nitrogen and oxygen atoms in total. The van der Waals surface area contributed by atoms with Crippen molar-refractivity contribution >= 4 is 19.7 Å². The number of ether oxygens (including phenoxy) is 6. The Bertz CT molecular complexity index is 1310. The number of sulfone groups is 2. The van der Waals surface area contributed by atoms with Gasteiger partial charge in [0.15, 0.2) is 19.7 Å². The molecule has 0 radical (unpaired) electrons. The number of nitrogens with two attached hydrogens (primary N) is 2. The number of aromatic nitrogens is 3. The van der Waals surface area contributed by atoms with E-state index in [2.05, 4.69) is 31.2 Å². The number of hydrogen-bond donors (Lipinski definition) is 2. The van der Waals surface area contributed by atoms with E-state index in [-0.39, 0.29) is 23.0 Å². The van der Waals surface area contributed by atoms with E-state index in [1.807, 2.05) is 11.1 Å². The maximum atomic E-state index is 11.4. The van der Waals surface area contributed by atoms with Crippen molar-refractivity contribution < 1.29 is 45.3 Å². The number of rotatable bonds is 25. The molecule has 300 valence electrons. The SMILES string of the molecule is C#CCN1CCS(=O)(=O)CC1.NCCOCCOCCOCCn1cc(CN2CCS(=O)(=O)CC2)nn1.[N-]=[N+]=NCCOCCOCCOCCN. The molecule has 22 heteroatoms. The maximum Gasteiger partial charge on any atom is 0.152 e. The molecule has 3 heterocycles. The smallest absolute Gasteiger partial charge is 0.152 e. The van der Waals surface area contributed by atoms with Gasteiger partial charge in [-0.2, -0.15) is 0 Å². The first-order valence-electron chi connectivity index (χ1n) is 17.2. The van der Waals surface area contributed by atoms with E-state index in [4.69, 9.17) is 51.8 Å². The van der Waals surface area contributed by atoms with Gasteiger partial charge < -0.3 is 39.9 Å². The first-order chi connectivity index (χ1) is 25.1. The summed E-state index contributed by atoms with van der Waals surface area (Å²) < 4.78 is 77.9. The summed E-state index contributed by atoms with van der Waals surface area (Å²) in [5, 5.41) is 11.5. The standard InChI is InChI=1S/C15H29N5O5S.C8H18N4O3.C7H11NO2S/c16-1-5-23-7-9-25-10-8-24-6-2-20-14-15(17-18-20)13-19-3-11-26(21,22)12-4-19;9-1-3-13-5-7-15-8-6-14-4-2-11-12-10;1-2-3-8-4-6-11(9,10)7-5-8/h14H,1-13,16H2;1-9H2;1H,3-7H2. The van der Waals surface area contributed by atoms with Gasteiger partial charge in [0.1, 0.15) is 0 Å². The van der Waals surface area contributed by atoms with Crippen LogP contribution in [0.5, 0.6) is 0 Å². The first-order valence-corrected chi connectivity index (χ1v) is 20.8. The van der Waals surface area contributed by atoms with Gasteiger partial charge in [-0.15, -0.1) is 11.5 Å². The van der Waals surface area contributed by atoms with E-state index in [1.165, 1.54) is 0 Å². The molecule has 2 aliphatic heterocycles. The van der Waals surface area contributed by atoms with Crippen molar-refractivity contribution in [3.63, 3.8) is 0 Å². The van der Waals surface area contributed by atoms with E-state index in [9.17, 15) is 16.8 Å². The van der Waals surface area contributed by atoms with Crippen LogP contribution in [-0.2, 0) is 61.2 Å². The Kier molecular flexibility index (Phi) is 28.3. The molecule has 0 aliphatic carbocycles. The van der Waals surface area contributed by atoms with Crippen LogP contribution in [0.25, 0.3) is 10.4 Å². The Labute approximate surface area is 308 Å². The van der Waals surface area contributed by atoms with Crippen LogP contribution >= 0.6 is 0 Å². The fourth-order valence-electron chi connectivity index (χ4n) is 4.25. The lowest BCUT2D eigenvalue weighted by Crippen LogP contribution is -2.40. The van der Waals surface area contributed by atoms with Crippen LogP contribution in [-0.4, -0.2) is 196 Å². The highest BCUT2D eigenvalue weighted by Gasteiger charge is 2.22. The van der Waals surface area contributed by atoms with Gasteiger partial charge in [0, 0.05) is 63.5 Å². The summed E-state index contributed by atoms with van der Waals surface area (Å²) in [5.41, 5.74) is 19.3. The minimum Gasteiger partial charge on any atom is -0.379 e. The Morgan fingerprint density at radius 1 is 0.731 bits per heavy atom. The summed E-state index contributed by atoms with van der Waals surface area (Å²) in [5.74, 6) is 3.45. The fourth-order valence-corrected chi connectivity index (χ4v) is 6.81. The second-order valence-electron chi connectivity index (χ2n) is 11.2. The zero-order chi connectivity index (χ0) is 38.2. The van der Waals surface area contributed by atoms with Crippen LogP contribution < -0.4 is 11.5 Å². The number of azide groups is 1. The van der Waals surface area contributed by atoms with Gasteiger partial charge in [-0.3, -0.25) is 9.80 Å². The van der Waals surface area contributed by atoms with Crippen LogP contribution in [0.15, 0.2) is 11.3 Å². The minimum absolute atomic E-state index is 0.218. The van der Waals surface area contributed by atoms with Crippen LogP contribution in [0, 0.1) is 12.3 Å². The van der Waals surface area contributed by atoms with Crippen LogP contribution in [0.2, 0.25) is 0 Å². The number of nitrogens with zero attached hydrogens (tertiary/aromatic N) is 8. The van der Waals surface area contributed by atoms with Gasteiger partial charge in [-0.25, -0.2) is 21.5 Å². The third-order valence-corrected chi connectivity index (χ3v) is 10.3. The minimum atomic E-state index is -2.85. The maximum absolute atomic E-state index is 11.4. The molecule has 3 rings (SSSR count). The normalized spacial score (nSPS) is 16.8. The summed E-state index contributed by atoms with van der Waals surface area (Å²) in [6.45, 7) is 11.8. The summed E-state index contributed by atoms with van der Waals surface area (Å²) in [6.07, 6.45) is 6.96. The van der Waals surface area contributed by atoms with Crippen molar-refractivity contribution in [1.29, 1.82) is 0 Å². The number of hydrogen-bond acceptors (Lipinski definition) is 17. The van der Waals surface area contributed by atoms with Crippen molar-refractivity contribution in [1.82, 2.24) is 24.8 Å².